The van der Waals surface area contributed by atoms with E-state index in [1.54, 1.807) is 0 Å². The fraction of sp³-hybridized carbons (Fsp3) is 0.667. The van der Waals surface area contributed by atoms with Crippen molar-refractivity contribution in [3.05, 3.63) is 0 Å². The molecule has 1 aliphatic rings. The first-order chi connectivity index (χ1) is 7.57. The lowest BCUT2D eigenvalue weighted by molar-refractivity contribution is -0.146. The number of carboxylic acid groups (broad SMARTS) is 1. The van der Waals surface area contributed by atoms with Crippen LogP contribution < -0.4 is 5.32 Å². The highest BCUT2D eigenvalue weighted by Crippen LogP contribution is 2.12. The summed E-state index contributed by atoms with van der Waals surface area (Å²) in [6.45, 7) is 0.264. The highest BCUT2D eigenvalue weighted by Gasteiger charge is 2.38. The van der Waals surface area contributed by atoms with Gasteiger partial charge in [-0.2, -0.15) is 0 Å². The Balaban J connectivity index is 2.65. The van der Waals surface area contributed by atoms with Crippen LogP contribution in [0.2, 0.25) is 0 Å². The SMILES string of the molecule is COCCCC(C(=O)O)N1C(=O)CNC1=O. The topological polar surface area (TPSA) is 95.9 Å². The summed E-state index contributed by atoms with van der Waals surface area (Å²) in [5, 5.41) is 11.2. The fourth-order valence-electron chi connectivity index (χ4n) is 1.53. The molecule has 1 fully saturated rings. The second kappa shape index (κ2) is 5.45. The molecular weight excluding hydrogens is 216 g/mol. The van der Waals surface area contributed by atoms with Gasteiger partial charge in [0.25, 0.3) is 5.91 Å². The molecule has 1 atom stereocenters. The minimum Gasteiger partial charge on any atom is -0.480 e. The van der Waals surface area contributed by atoms with Gasteiger partial charge in [-0.1, -0.05) is 0 Å². The van der Waals surface area contributed by atoms with Crippen molar-refractivity contribution in [3.63, 3.8) is 0 Å². The average Bonchev–Trinajstić information content (AvgIpc) is 2.54. The first kappa shape index (κ1) is 12.4. The molecule has 3 amide bonds. The molecule has 1 saturated heterocycles. The number of nitrogens with zero attached hydrogens (tertiary/aromatic N) is 1. The van der Waals surface area contributed by atoms with Crippen molar-refractivity contribution in [2.24, 2.45) is 0 Å². The number of nitrogens with one attached hydrogen (secondary N) is 1. The number of hydrogen-bond donors (Lipinski definition) is 2. The molecule has 0 radical (unpaired) electrons. The zero-order valence-corrected chi connectivity index (χ0v) is 8.93. The van der Waals surface area contributed by atoms with Crippen LogP contribution >= 0.6 is 0 Å². The maximum absolute atomic E-state index is 11.3. The number of rotatable bonds is 6. The van der Waals surface area contributed by atoms with Gasteiger partial charge < -0.3 is 15.2 Å². The van der Waals surface area contributed by atoms with E-state index in [1.165, 1.54) is 7.11 Å². The second-order valence-electron chi connectivity index (χ2n) is 3.41. The molecule has 0 spiro atoms. The quantitative estimate of drug-likeness (QED) is 0.470. The van der Waals surface area contributed by atoms with E-state index in [1.807, 2.05) is 0 Å². The highest BCUT2D eigenvalue weighted by atomic mass is 16.5. The summed E-state index contributed by atoms with van der Waals surface area (Å²) in [5.74, 6) is -1.68. The third-order valence-corrected chi connectivity index (χ3v) is 2.30. The number of urea groups is 1. The van der Waals surface area contributed by atoms with Crippen LogP contribution in [0, 0.1) is 0 Å². The summed E-state index contributed by atoms with van der Waals surface area (Å²) in [5.41, 5.74) is 0. The van der Waals surface area contributed by atoms with E-state index < -0.39 is 23.9 Å². The van der Waals surface area contributed by atoms with Gasteiger partial charge in [0.15, 0.2) is 0 Å². The Hall–Kier alpha value is -1.63. The summed E-state index contributed by atoms with van der Waals surface area (Å²) in [7, 11) is 1.50. The van der Waals surface area contributed by atoms with Gasteiger partial charge >= 0.3 is 12.0 Å². The van der Waals surface area contributed by atoms with E-state index in [0.29, 0.717) is 13.0 Å². The predicted octanol–water partition coefficient (Wildman–Crippen LogP) is -0.582. The normalized spacial score (nSPS) is 17.4. The van der Waals surface area contributed by atoms with E-state index in [-0.39, 0.29) is 13.0 Å². The fourth-order valence-corrected chi connectivity index (χ4v) is 1.53. The Morgan fingerprint density at radius 1 is 1.62 bits per heavy atom. The lowest BCUT2D eigenvalue weighted by atomic mass is 10.1. The van der Waals surface area contributed by atoms with Gasteiger partial charge in [0.05, 0.1) is 6.54 Å². The minimum atomic E-state index is -1.18. The van der Waals surface area contributed by atoms with Gasteiger partial charge in [-0.25, -0.2) is 14.5 Å². The van der Waals surface area contributed by atoms with Gasteiger partial charge in [0.2, 0.25) is 0 Å². The van der Waals surface area contributed by atoms with Crippen LogP contribution in [-0.4, -0.2) is 54.2 Å². The molecule has 90 valence electrons. The van der Waals surface area contributed by atoms with Gasteiger partial charge in [0, 0.05) is 13.7 Å². The van der Waals surface area contributed by atoms with Crippen LogP contribution in [0.15, 0.2) is 0 Å². The van der Waals surface area contributed by atoms with E-state index in [2.05, 4.69) is 5.32 Å². The molecule has 0 aromatic heterocycles. The maximum atomic E-state index is 11.3. The molecule has 0 saturated carbocycles. The average molecular weight is 230 g/mol. The summed E-state index contributed by atoms with van der Waals surface area (Å²) in [6.07, 6.45) is 0.673. The lowest BCUT2D eigenvalue weighted by Gasteiger charge is -2.20. The molecule has 1 aliphatic heterocycles. The number of aliphatic carboxylic acids is 1. The Bertz CT molecular complexity index is 288. The van der Waals surface area contributed by atoms with Crippen LogP contribution in [0.5, 0.6) is 0 Å². The van der Waals surface area contributed by atoms with Crippen molar-refractivity contribution >= 4 is 17.9 Å². The molecule has 0 aromatic carbocycles. The Morgan fingerprint density at radius 3 is 2.75 bits per heavy atom. The molecule has 7 heteroatoms. The highest BCUT2D eigenvalue weighted by molar-refractivity contribution is 6.04. The summed E-state index contributed by atoms with van der Waals surface area (Å²) in [6, 6.07) is -1.75. The van der Waals surface area contributed by atoms with Crippen molar-refractivity contribution in [2.75, 3.05) is 20.3 Å². The van der Waals surface area contributed by atoms with Gasteiger partial charge in [-0.05, 0) is 12.8 Å². The third kappa shape index (κ3) is 2.69. The number of hydrogen-bond acceptors (Lipinski definition) is 4. The standard InChI is InChI=1S/C9H14N2O5/c1-16-4-2-3-6(8(13)14)11-7(12)5-10-9(11)15/h6H,2-5H2,1H3,(H,10,15)(H,13,14). The van der Waals surface area contributed by atoms with Crippen molar-refractivity contribution < 1.29 is 24.2 Å². The third-order valence-electron chi connectivity index (χ3n) is 2.30. The molecule has 0 aromatic rings. The summed E-state index contributed by atoms with van der Waals surface area (Å²) in [4.78, 5) is 34.3. The Morgan fingerprint density at radius 2 is 2.31 bits per heavy atom. The molecule has 0 bridgehead atoms. The van der Waals surface area contributed by atoms with Gasteiger partial charge in [-0.15, -0.1) is 0 Å². The smallest absolute Gasteiger partial charge is 0.326 e. The van der Waals surface area contributed by atoms with Crippen molar-refractivity contribution in [1.82, 2.24) is 10.2 Å². The number of carbonyl (C=O) groups is 3. The monoisotopic (exact) mass is 230 g/mol. The number of carboxylic acids is 1. The Labute approximate surface area is 92.4 Å². The largest absolute Gasteiger partial charge is 0.480 e. The van der Waals surface area contributed by atoms with Crippen LogP contribution in [-0.2, 0) is 14.3 Å². The van der Waals surface area contributed by atoms with E-state index >= 15 is 0 Å². The molecule has 16 heavy (non-hydrogen) atoms. The zero-order chi connectivity index (χ0) is 12.1. The molecule has 1 heterocycles. The zero-order valence-electron chi connectivity index (χ0n) is 8.93. The van der Waals surface area contributed by atoms with E-state index in [0.717, 1.165) is 4.90 Å². The van der Waals surface area contributed by atoms with Crippen LogP contribution in [0.4, 0.5) is 4.79 Å². The van der Waals surface area contributed by atoms with Crippen molar-refractivity contribution in [3.8, 4) is 0 Å². The molecular formula is C9H14N2O5. The number of amides is 3. The predicted molar refractivity (Wildman–Crippen MR) is 52.8 cm³/mol. The van der Waals surface area contributed by atoms with E-state index in [4.69, 9.17) is 9.84 Å². The lowest BCUT2D eigenvalue weighted by Crippen LogP contribution is -2.45. The number of methoxy groups -OCH3 is 1. The second-order valence-corrected chi connectivity index (χ2v) is 3.41. The number of ether oxygens (including phenoxy) is 1. The molecule has 0 aliphatic carbocycles. The molecule has 1 unspecified atom stereocenters. The maximum Gasteiger partial charge on any atom is 0.326 e. The van der Waals surface area contributed by atoms with E-state index in [9.17, 15) is 14.4 Å². The first-order valence-corrected chi connectivity index (χ1v) is 4.89. The van der Waals surface area contributed by atoms with Crippen molar-refractivity contribution in [1.29, 1.82) is 0 Å². The van der Waals surface area contributed by atoms with Crippen molar-refractivity contribution in [2.45, 2.75) is 18.9 Å². The first-order valence-electron chi connectivity index (χ1n) is 4.89. The number of imide groups is 1. The molecule has 7 nitrogen and oxygen atoms in total. The molecule has 1 rings (SSSR count). The Kier molecular flexibility index (Phi) is 4.24. The van der Waals surface area contributed by atoms with Crippen LogP contribution in [0.3, 0.4) is 0 Å². The van der Waals surface area contributed by atoms with Gasteiger partial charge in [0.1, 0.15) is 6.04 Å². The number of carbonyl (C=O) groups excluding carboxylic acids is 2. The summed E-state index contributed by atoms with van der Waals surface area (Å²) >= 11 is 0. The van der Waals surface area contributed by atoms with Crippen LogP contribution in [0.25, 0.3) is 0 Å². The molecule has 2 N–H and O–H groups in total. The van der Waals surface area contributed by atoms with Crippen LogP contribution in [0.1, 0.15) is 12.8 Å². The van der Waals surface area contributed by atoms with Gasteiger partial charge in [-0.3, -0.25) is 4.79 Å². The summed E-state index contributed by atoms with van der Waals surface area (Å²) < 4.78 is 4.79. The minimum absolute atomic E-state index is 0.132.